The third kappa shape index (κ3) is 3.80. The van der Waals surface area contributed by atoms with Crippen molar-refractivity contribution in [2.24, 2.45) is 0 Å². The van der Waals surface area contributed by atoms with E-state index >= 15 is 0 Å². The lowest BCUT2D eigenvalue weighted by atomic mass is 10.1. The topological polar surface area (TPSA) is 46.9 Å². The van der Waals surface area contributed by atoms with Gasteiger partial charge in [0.05, 0.1) is 17.1 Å². The first kappa shape index (κ1) is 18.6. The molecule has 5 heteroatoms. The Morgan fingerprint density at radius 3 is 2.38 bits per heavy atom. The van der Waals surface area contributed by atoms with Crippen LogP contribution in [0.5, 0.6) is 0 Å². The minimum absolute atomic E-state index is 0.132. The normalized spacial score (nSPS) is 10.7. The number of benzene rings is 3. The Morgan fingerprint density at radius 2 is 1.66 bits per heavy atom. The van der Waals surface area contributed by atoms with E-state index < -0.39 is 11.7 Å². The van der Waals surface area contributed by atoms with Crippen LogP contribution in [0.2, 0.25) is 0 Å². The largest absolute Gasteiger partial charge is 0.318 e. The zero-order chi connectivity index (χ0) is 20.4. The molecular formula is C24H20FN3O. The van der Waals surface area contributed by atoms with Gasteiger partial charge in [-0.05, 0) is 43.7 Å². The lowest BCUT2D eigenvalue weighted by molar-refractivity contribution is 0.101. The number of rotatable bonds is 4. The van der Waals surface area contributed by atoms with Crippen molar-refractivity contribution in [2.45, 2.75) is 13.8 Å². The van der Waals surface area contributed by atoms with Crippen LogP contribution in [0, 0.1) is 19.7 Å². The van der Waals surface area contributed by atoms with Crippen molar-refractivity contribution in [3.05, 3.63) is 102 Å². The first-order chi connectivity index (χ1) is 14.0. The smallest absolute Gasteiger partial charge is 0.274 e. The number of aryl methyl sites for hydroxylation is 2. The van der Waals surface area contributed by atoms with Gasteiger partial charge in [-0.25, -0.2) is 9.07 Å². The second-order valence-corrected chi connectivity index (χ2v) is 6.92. The molecule has 1 aromatic heterocycles. The summed E-state index contributed by atoms with van der Waals surface area (Å²) in [5.41, 5.74) is 4.95. The third-order valence-electron chi connectivity index (χ3n) is 4.71. The highest BCUT2D eigenvalue weighted by Crippen LogP contribution is 2.25. The fraction of sp³-hybridized carbons (Fsp3) is 0.0833. The number of carbonyl (C=O) groups excluding carboxylic acids is 1. The van der Waals surface area contributed by atoms with Gasteiger partial charge in [-0.1, -0.05) is 60.2 Å². The Labute approximate surface area is 168 Å². The van der Waals surface area contributed by atoms with Crippen LogP contribution in [0.25, 0.3) is 16.9 Å². The molecule has 4 rings (SSSR count). The van der Waals surface area contributed by atoms with Crippen molar-refractivity contribution in [1.29, 1.82) is 0 Å². The standard InChI is InChI=1S/C24H20FN3O/c1-16-12-13-22(17(2)14-16)28-23(15-21(27-28)18-8-4-3-5-9-18)24(29)26-20-11-7-6-10-19(20)25/h3-15H,1-2H3,(H,26,29). The van der Waals surface area contributed by atoms with Crippen LogP contribution < -0.4 is 5.32 Å². The van der Waals surface area contributed by atoms with Gasteiger partial charge in [0, 0.05) is 5.56 Å². The van der Waals surface area contributed by atoms with E-state index in [-0.39, 0.29) is 5.69 Å². The molecule has 29 heavy (non-hydrogen) atoms. The third-order valence-corrected chi connectivity index (χ3v) is 4.71. The lowest BCUT2D eigenvalue weighted by Gasteiger charge is -2.11. The predicted molar refractivity (Wildman–Crippen MR) is 113 cm³/mol. The Bertz CT molecular complexity index is 1180. The summed E-state index contributed by atoms with van der Waals surface area (Å²) in [7, 11) is 0. The number of halogens is 1. The molecule has 1 N–H and O–H groups in total. The SMILES string of the molecule is Cc1ccc(-n2nc(-c3ccccc3)cc2C(=O)Nc2ccccc2F)c(C)c1. The maximum atomic E-state index is 14.0. The summed E-state index contributed by atoms with van der Waals surface area (Å²) >= 11 is 0. The Hall–Kier alpha value is -3.73. The number of anilines is 1. The summed E-state index contributed by atoms with van der Waals surface area (Å²) in [4.78, 5) is 13.0. The summed E-state index contributed by atoms with van der Waals surface area (Å²) in [6, 6.07) is 23.4. The van der Waals surface area contributed by atoms with E-state index in [4.69, 9.17) is 0 Å². The summed E-state index contributed by atoms with van der Waals surface area (Å²) in [5, 5.41) is 7.35. The van der Waals surface area contributed by atoms with Crippen molar-refractivity contribution < 1.29 is 9.18 Å². The van der Waals surface area contributed by atoms with E-state index in [0.29, 0.717) is 11.4 Å². The maximum absolute atomic E-state index is 14.0. The number of nitrogens with zero attached hydrogens (tertiary/aromatic N) is 2. The average Bonchev–Trinajstić information content (AvgIpc) is 3.16. The molecule has 4 nitrogen and oxygen atoms in total. The van der Waals surface area contributed by atoms with Crippen LogP contribution in [0.1, 0.15) is 21.6 Å². The van der Waals surface area contributed by atoms with Crippen molar-refractivity contribution in [3.63, 3.8) is 0 Å². The molecule has 0 saturated heterocycles. The first-order valence-electron chi connectivity index (χ1n) is 9.32. The molecule has 0 unspecified atom stereocenters. The molecule has 0 aliphatic carbocycles. The van der Waals surface area contributed by atoms with Gasteiger partial charge in [-0.15, -0.1) is 0 Å². The molecule has 0 radical (unpaired) electrons. The lowest BCUT2D eigenvalue weighted by Crippen LogP contribution is -2.18. The fourth-order valence-electron chi connectivity index (χ4n) is 3.27. The van der Waals surface area contributed by atoms with Crippen LogP contribution in [-0.4, -0.2) is 15.7 Å². The van der Waals surface area contributed by atoms with Crippen molar-refractivity contribution >= 4 is 11.6 Å². The maximum Gasteiger partial charge on any atom is 0.274 e. The van der Waals surface area contributed by atoms with E-state index in [1.807, 2.05) is 62.4 Å². The minimum atomic E-state index is -0.485. The molecule has 3 aromatic carbocycles. The van der Waals surface area contributed by atoms with Crippen LogP contribution in [0.3, 0.4) is 0 Å². The Kier molecular flexibility index (Phi) is 4.96. The molecular weight excluding hydrogens is 365 g/mol. The van der Waals surface area contributed by atoms with Gasteiger partial charge in [0.2, 0.25) is 0 Å². The van der Waals surface area contributed by atoms with Crippen molar-refractivity contribution in [2.75, 3.05) is 5.32 Å². The van der Waals surface area contributed by atoms with Crippen LogP contribution in [0.15, 0.2) is 78.9 Å². The fourth-order valence-corrected chi connectivity index (χ4v) is 3.27. The van der Waals surface area contributed by atoms with Crippen LogP contribution in [0.4, 0.5) is 10.1 Å². The molecule has 0 fully saturated rings. The van der Waals surface area contributed by atoms with E-state index in [1.54, 1.807) is 22.9 Å². The molecule has 0 atom stereocenters. The van der Waals surface area contributed by atoms with Crippen molar-refractivity contribution in [1.82, 2.24) is 9.78 Å². The van der Waals surface area contributed by atoms with Gasteiger partial charge < -0.3 is 5.32 Å². The first-order valence-corrected chi connectivity index (χ1v) is 9.32. The van der Waals surface area contributed by atoms with E-state index in [1.165, 1.54) is 12.1 Å². The predicted octanol–water partition coefficient (Wildman–Crippen LogP) is 5.55. The summed E-state index contributed by atoms with van der Waals surface area (Å²) < 4.78 is 15.6. The number of carbonyl (C=O) groups is 1. The molecule has 1 amide bonds. The number of aromatic nitrogens is 2. The zero-order valence-electron chi connectivity index (χ0n) is 16.2. The molecule has 1 heterocycles. The monoisotopic (exact) mass is 385 g/mol. The highest BCUT2D eigenvalue weighted by molar-refractivity contribution is 6.04. The van der Waals surface area contributed by atoms with Gasteiger partial charge in [-0.3, -0.25) is 4.79 Å². The highest BCUT2D eigenvalue weighted by atomic mass is 19.1. The molecule has 0 aliphatic heterocycles. The molecule has 0 aliphatic rings. The summed E-state index contributed by atoms with van der Waals surface area (Å²) in [6.45, 7) is 3.99. The van der Waals surface area contributed by atoms with Gasteiger partial charge in [0.15, 0.2) is 0 Å². The molecule has 0 spiro atoms. The van der Waals surface area contributed by atoms with Crippen molar-refractivity contribution in [3.8, 4) is 16.9 Å². The second-order valence-electron chi connectivity index (χ2n) is 6.92. The van der Waals surface area contributed by atoms with Gasteiger partial charge in [0.1, 0.15) is 11.5 Å². The van der Waals surface area contributed by atoms with E-state index in [9.17, 15) is 9.18 Å². The number of amides is 1. The quantitative estimate of drug-likeness (QED) is 0.501. The minimum Gasteiger partial charge on any atom is -0.318 e. The summed E-state index contributed by atoms with van der Waals surface area (Å²) in [6.07, 6.45) is 0. The zero-order valence-corrected chi connectivity index (χ0v) is 16.2. The molecule has 4 aromatic rings. The molecule has 0 bridgehead atoms. The number of para-hydroxylation sites is 1. The van der Waals surface area contributed by atoms with Gasteiger partial charge >= 0.3 is 0 Å². The molecule has 144 valence electrons. The highest BCUT2D eigenvalue weighted by Gasteiger charge is 2.19. The van der Waals surface area contributed by atoms with Gasteiger partial charge in [-0.2, -0.15) is 5.10 Å². The Balaban J connectivity index is 1.82. The van der Waals surface area contributed by atoms with Gasteiger partial charge in [0.25, 0.3) is 5.91 Å². The number of hydrogen-bond acceptors (Lipinski definition) is 2. The van der Waals surface area contributed by atoms with E-state index in [2.05, 4.69) is 10.4 Å². The van der Waals surface area contributed by atoms with Crippen LogP contribution >= 0.6 is 0 Å². The average molecular weight is 385 g/mol. The van der Waals surface area contributed by atoms with Crippen LogP contribution in [-0.2, 0) is 0 Å². The Morgan fingerprint density at radius 1 is 0.931 bits per heavy atom. The number of nitrogens with one attached hydrogen (secondary N) is 1. The second kappa shape index (κ2) is 7.72. The number of hydrogen-bond donors (Lipinski definition) is 1. The summed E-state index contributed by atoms with van der Waals surface area (Å²) in [5.74, 6) is -0.911. The molecule has 0 saturated carbocycles. The van der Waals surface area contributed by atoms with E-state index in [0.717, 1.165) is 22.4 Å².